The molecule has 0 aromatic heterocycles. The third-order valence-corrected chi connectivity index (χ3v) is 5.88. The molecule has 1 aliphatic heterocycles. The van der Waals surface area contributed by atoms with Gasteiger partial charge in [0.15, 0.2) is 16.7 Å². The highest BCUT2D eigenvalue weighted by Gasteiger charge is 2.35. The molecule has 3 aromatic carbocycles. The minimum absolute atomic E-state index is 0.00865. The molecule has 3 aromatic rings. The van der Waals surface area contributed by atoms with Crippen molar-refractivity contribution < 1.29 is 14.6 Å². The average molecular weight is 495 g/mol. The number of amides is 1. The fourth-order valence-corrected chi connectivity index (χ4v) is 4.52. The molecule has 156 valence electrons. The Kier molecular flexibility index (Phi) is 6.44. The second-order valence-electron chi connectivity index (χ2n) is 6.59. The van der Waals surface area contributed by atoms with E-state index in [9.17, 15) is 9.90 Å². The SMILES string of the molecule is CCOc1cc(Br)cc(C=C2SC(=Nc3ccccc3)N(c3ccccc3)C2=O)c1O. The molecule has 1 amide bonds. The number of ether oxygens (including phenoxy) is 1. The summed E-state index contributed by atoms with van der Waals surface area (Å²) in [4.78, 5) is 20.1. The number of carbonyl (C=O) groups excluding carboxylic acids is 1. The fraction of sp³-hybridized carbons (Fsp3) is 0.0833. The smallest absolute Gasteiger partial charge is 0.271 e. The summed E-state index contributed by atoms with van der Waals surface area (Å²) in [6, 6.07) is 22.3. The van der Waals surface area contributed by atoms with Crippen LogP contribution in [0.2, 0.25) is 0 Å². The molecule has 0 spiro atoms. The lowest BCUT2D eigenvalue weighted by molar-refractivity contribution is -0.113. The molecule has 0 radical (unpaired) electrons. The standard InChI is InChI=1S/C24H19BrN2O3S/c1-2-30-20-15-17(25)13-16(22(20)28)14-21-23(29)27(19-11-7-4-8-12-19)24(31-21)26-18-9-5-3-6-10-18/h3-15,28H,2H2,1H3. The van der Waals surface area contributed by atoms with E-state index in [4.69, 9.17) is 9.73 Å². The number of aliphatic imine (C=N–C) groups is 1. The van der Waals surface area contributed by atoms with E-state index in [1.807, 2.05) is 67.6 Å². The molecule has 0 atom stereocenters. The van der Waals surface area contributed by atoms with Gasteiger partial charge in [-0.25, -0.2) is 4.99 Å². The number of phenolic OH excluding ortho intramolecular Hbond substituents is 1. The third-order valence-electron chi connectivity index (χ3n) is 4.46. The van der Waals surface area contributed by atoms with Gasteiger partial charge in [-0.05, 0) is 61.2 Å². The number of phenols is 1. The highest BCUT2D eigenvalue weighted by Crippen LogP contribution is 2.40. The number of hydrogen-bond donors (Lipinski definition) is 1. The summed E-state index contributed by atoms with van der Waals surface area (Å²) in [6.45, 7) is 2.27. The Balaban J connectivity index is 1.79. The number of benzene rings is 3. The van der Waals surface area contributed by atoms with E-state index in [0.717, 1.165) is 15.8 Å². The van der Waals surface area contributed by atoms with Gasteiger partial charge < -0.3 is 9.84 Å². The van der Waals surface area contributed by atoms with E-state index >= 15 is 0 Å². The van der Waals surface area contributed by atoms with Gasteiger partial charge in [0.2, 0.25) is 0 Å². The van der Waals surface area contributed by atoms with Crippen molar-refractivity contribution in [1.82, 2.24) is 0 Å². The first kappa shape index (κ1) is 21.2. The van der Waals surface area contributed by atoms with E-state index in [2.05, 4.69) is 15.9 Å². The molecule has 0 aliphatic carbocycles. The molecular formula is C24H19BrN2O3S. The van der Waals surface area contributed by atoms with E-state index in [1.54, 1.807) is 23.1 Å². The zero-order valence-electron chi connectivity index (χ0n) is 16.7. The zero-order valence-corrected chi connectivity index (χ0v) is 19.1. The fourth-order valence-electron chi connectivity index (χ4n) is 3.08. The van der Waals surface area contributed by atoms with Crippen LogP contribution in [0, 0.1) is 0 Å². The maximum Gasteiger partial charge on any atom is 0.271 e. The summed E-state index contributed by atoms with van der Waals surface area (Å²) in [5.41, 5.74) is 1.97. The first-order valence-corrected chi connectivity index (χ1v) is 11.3. The van der Waals surface area contributed by atoms with Crippen LogP contribution in [0.3, 0.4) is 0 Å². The van der Waals surface area contributed by atoms with E-state index in [0.29, 0.717) is 28.0 Å². The molecule has 4 rings (SSSR count). The van der Waals surface area contributed by atoms with Crippen LogP contribution < -0.4 is 9.64 Å². The third kappa shape index (κ3) is 4.68. The van der Waals surface area contributed by atoms with Crippen molar-refractivity contribution in [3.63, 3.8) is 0 Å². The van der Waals surface area contributed by atoms with Crippen LogP contribution in [0.25, 0.3) is 6.08 Å². The highest BCUT2D eigenvalue weighted by molar-refractivity contribution is 9.10. The van der Waals surface area contributed by atoms with Gasteiger partial charge in [-0.15, -0.1) is 0 Å². The van der Waals surface area contributed by atoms with E-state index in [-0.39, 0.29) is 11.7 Å². The van der Waals surface area contributed by atoms with Gasteiger partial charge in [0, 0.05) is 10.0 Å². The van der Waals surface area contributed by atoms with Crippen molar-refractivity contribution in [2.75, 3.05) is 11.5 Å². The van der Waals surface area contributed by atoms with Crippen molar-refractivity contribution in [3.8, 4) is 11.5 Å². The summed E-state index contributed by atoms with van der Waals surface area (Å²) >= 11 is 4.71. The van der Waals surface area contributed by atoms with Crippen molar-refractivity contribution in [3.05, 3.63) is 87.7 Å². The maximum atomic E-state index is 13.3. The number of nitrogens with zero attached hydrogens (tertiary/aromatic N) is 2. The second-order valence-corrected chi connectivity index (χ2v) is 8.52. The minimum Gasteiger partial charge on any atom is -0.504 e. The zero-order chi connectivity index (χ0) is 21.8. The number of aromatic hydroxyl groups is 1. The molecule has 1 fully saturated rings. The largest absolute Gasteiger partial charge is 0.504 e. The topological polar surface area (TPSA) is 62.1 Å². The van der Waals surface area contributed by atoms with Gasteiger partial charge in [0.25, 0.3) is 5.91 Å². The second kappa shape index (κ2) is 9.41. The lowest BCUT2D eigenvalue weighted by Crippen LogP contribution is -2.28. The Hall–Kier alpha value is -3.03. The van der Waals surface area contributed by atoms with E-state index < -0.39 is 0 Å². The number of carbonyl (C=O) groups is 1. The van der Waals surface area contributed by atoms with Crippen LogP contribution in [0.1, 0.15) is 12.5 Å². The molecule has 0 bridgehead atoms. The Morgan fingerprint density at radius 2 is 1.77 bits per heavy atom. The van der Waals surface area contributed by atoms with Crippen molar-refractivity contribution in [2.45, 2.75) is 6.92 Å². The molecule has 7 heteroatoms. The number of amidine groups is 1. The average Bonchev–Trinajstić information content (AvgIpc) is 3.07. The molecule has 5 nitrogen and oxygen atoms in total. The van der Waals surface area contributed by atoms with Crippen LogP contribution in [0.5, 0.6) is 11.5 Å². The number of para-hydroxylation sites is 2. The maximum absolute atomic E-state index is 13.3. The van der Waals surface area contributed by atoms with Gasteiger partial charge in [0.1, 0.15) is 0 Å². The van der Waals surface area contributed by atoms with Crippen LogP contribution in [-0.2, 0) is 4.79 Å². The highest BCUT2D eigenvalue weighted by atomic mass is 79.9. The number of rotatable bonds is 5. The summed E-state index contributed by atoms with van der Waals surface area (Å²) in [5, 5.41) is 11.2. The monoisotopic (exact) mass is 494 g/mol. The van der Waals surface area contributed by atoms with Crippen molar-refractivity contribution >= 4 is 56.2 Å². The number of anilines is 1. The molecule has 31 heavy (non-hydrogen) atoms. The number of thioether (sulfide) groups is 1. The Bertz CT molecular complexity index is 1160. The number of halogens is 1. The van der Waals surface area contributed by atoms with Crippen LogP contribution in [0.15, 0.2) is 87.2 Å². The van der Waals surface area contributed by atoms with Crippen molar-refractivity contribution in [1.29, 1.82) is 0 Å². The summed E-state index contributed by atoms with van der Waals surface area (Å²) < 4.78 is 6.25. The van der Waals surface area contributed by atoms with Gasteiger partial charge in [-0.2, -0.15) is 0 Å². The summed E-state index contributed by atoms with van der Waals surface area (Å²) in [7, 11) is 0. The van der Waals surface area contributed by atoms with Gasteiger partial charge in [-0.3, -0.25) is 9.69 Å². The molecular weight excluding hydrogens is 476 g/mol. The first-order chi connectivity index (χ1) is 15.1. The lowest BCUT2D eigenvalue weighted by atomic mass is 10.1. The summed E-state index contributed by atoms with van der Waals surface area (Å²) in [5.74, 6) is 0.145. The van der Waals surface area contributed by atoms with Crippen LogP contribution >= 0.6 is 27.7 Å². The number of hydrogen-bond acceptors (Lipinski definition) is 5. The molecule has 1 saturated heterocycles. The van der Waals surface area contributed by atoms with Crippen LogP contribution in [-0.4, -0.2) is 22.8 Å². The van der Waals surface area contributed by atoms with E-state index in [1.165, 1.54) is 11.8 Å². The Morgan fingerprint density at radius 1 is 1.10 bits per heavy atom. The van der Waals surface area contributed by atoms with Gasteiger partial charge in [-0.1, -0.05) is 52.3 Å². The predicted molar refractivity (Wildman–Crippen MR) is 130 cm³/mol. The molecule has 1 heterocycles. The Labute approximate surface area is 193 Å². The van der Waals surface area contributed by atoms with Crippen molar-refractivity contribution in [2.24, 2.45) is 4.99 Å². The Morgan fingerprint density at radius 3 is 2.45 bits per heavy atom. The minimum atomic E-state index is -0.205. The quantitative estimate of drug-likeness (QED) is 0.419. The predicted octanol–water partition coefficient (Wildman–Crippen LogP) is 6.36. The first-order valence-electron chi connectivity index (χ1n) is 9.65. The van der Waals surface area contributed by atoms with Gasteiger partial charge >= 0.3 is 0 Å². The normalized spacial score (nSPS) is 16.3. The van der Waals surface area contributed by atoms with Gasteiger partial charge in [0.05, 0.1) is 22.9 Å². The lowest BCUT2D eigenvalue weighted by Gasteiger charge is -2.15. The summed E-state index contributed by atoms with van der Waals surface area (Å²) in [6.07, 6.45) is 1.67. The molecule has 0 saturated carbocycles. The molecule has 1 N–H and O–H groups in total. The van der Waals surface area contributed by atoms with Crippen LogP contribution in [0.4, 0.5) is 11.4 Å². The molecule has 1 aliphatic rings. The molecule has 0 unspecified atom stereocenters.